The summed E-state index contributed by atoms with van der Waals surface area (Å²) in [4.78, 5) is 14.6. The molecule has 0 spiro atoms. The van der Waals surface area contributed by atoms with Crippen molar-refractivity contribution in [3.8, 4) is 5.75 Å². The van der Waals surface area contributed by atoms with Crippen molar-refractivity contribution in [3.05, 3.63) is 52.7 Å². The first-order valence-corrected chi connectivity index (χ1v) is 4.74. The van der Waals surface area contributed by atoms with E-state index >= 15 is 0 Å². The van der Waals surface area contributed by atoms with Crippen molar-refractivity contribution in [2.45, 2.75) is 6.54 Å². The van der Waals surface area contributed by atoms with Crippen molar-refractivity contribution in [1.29, 1.82) is 0 Å². The third-order valence-corrected chi connectivity index (χ3v) is 2.18. The van der Waals surface area contributed by atoms with Crippen LogP contribution in [0.2, 0.25) is 0 Å². The molecule has 0 saturated carbocycles. The minimum absolute atomic E-state index is 0.126. The Balaban J connectivity index is 2.23. The number of phenols is 1. The molecular formula is C11H11N3O2. The number of rotatable bonds is 2. The highest BCUT2D eigenvalue weighted by Crippen LogP contribution is 2.10. The Labute approximate surface area is 91.8 Å². The number of nitrogen functional groups attached to an aromatic ring is 1. The summed E-state index contributed by atoms with van der Waals surface area (Å²) >= 11 is 0. The zero-order valence-electron chi connectivity index (χ0n) is 8.50. The molecule has 16 heavy (non-hydrogen) atoms. The van der Waals surface area contributed by atoms with Gasteiger partial charge in [-0.1, -0.05) is 12.1 Å². The SMILES string of the molecule is Nc1cn(Cc2ccc(O)cc2)cnc1=O. The van der Waals surface area contributed by atoms with Crippen molar-refractivity contribution in [1.82, 2.24) is 9.55 Å². The molecule has 0 amide bonds. The average Bonchev–Trinajstić information content (AvgIpc) is 2.27. The first kappa shape index (κ1) is 10.2. The second-order valence-corrected chi connectivity index (χ2v) is 3.47. The lowest BCUT2D eigenvalue weighted by molar-refractivity contribution is 0.475. The van der Waals surface area contributed by atoms with Crippen LogP contribution in [0.3, 0.4) is 0 Å². The molecule has 0 unspecified atom stereocenters. The van der Waals surface area contributed by atoms with E-state index < -0.39 is 5.56 Å². The predicted molar refractivity (Wildman–Crippen MR) is 60.1 cm³/mol. The lowest BCUT2D eigenvalue weighted by Crippen LogP contribution is -2.15. The van der Waals surface area contributed by atoms with Crippen LogP contribution in [0.1, 0.15) is 5.56 Å². The van der Waals surface area contributed by atoms with E-state index in [0.717, 1.165) is 5.56 Å². The van der Waals surface area contributed by atoms with Gasteiger partial charge in [-0.3, -0.25) is 4.79 Å². The molecule has 0 aliphatic carbocycles. The largest absolute Gasteiger partial charge is 0.508 e. The molecule has 82 valence electrons. The van der Waals surface area contributed by atoms with E-state index in [4.69, 9.17) is 10.8 Å². The Bertz CT molecular complexity index is 546. The smallest absolute Gasteiger partial charge is 0.295 e. The first-order valence-electron chi connectivity index (χ1n) is 4.74. The van der Waals surface area contributed by atoms with Crippen LogP contribution in [0.4, 0.5) is 5.69 Å². The number of hydrogen-bond acceptors (Lipinski definition) is 4. The van der Waals surface area contributed by atoms with Gasteiger partial charge in [-0.05, 0) is 17.7 Å². The van der Waals surface area contributed by atoms with Gasteiger partial charge in [-0.25, -0.2) is 0 Å². The summed E-state index contributed by atoms with van der Waals surface area (Å²) in [5.41, 5.74) is 6.16. The van der Waals surface area contributed by atoms with Gasteiger partial charge in [0.15, 0.2) is 0 Å². The molecule has 3 N–H and O–H groups in total. The zero-order valence-corrected chi connectivity index (χ0v) is 8.50. The fourth-order valence-corrected chi connectivity index (χ4v) is 1.37. The van der Waals surface area contributed by atoms with Gasteiger partial charge < -0.3 is 15.4 Å². The summed E-state index contributed by atoms with van der Waals surface area (Å²) in [6.07, 6.45) is 2.98. The van der Waals surface area contributed by atoms with Gasteiger partial charge >= 0.3 is 0 Å². The molecule has 5 nitrogen and oxygen atoms in total. The van der Waals surface area contributed by atoms with Gasteiger partial charge in [0.05, 0.1) is 6.33 Å². The summed E-state index contributed by atoms with van der Waals surface area (Å²) in [6.45, 7) is 0.553. The first-order chi connectivity index (χ1) is 7.65. The number of anilines is 1. The fraction of sp³-hybridized carbons (Fsp3) is 0.0909. The lowest BCUT2D eigenvalue weighted by Gasteiger charge is -2.06. The predicted octanol–water partition coefficient (Wildman–Crippen LogP) is 0.579. The van der Waals surface area contributed by atoms with E-state index in [9.17, 15) is 4.79 Å². The summed E-state index contributed by atoms with van der Waals surface area (Å²) in [5.74, 6) is 0.223. The number of nitrogens with zero attached hydrogens (tertiary/aromatic N) is 2. The normalized spacial score (nSPS) is 10.2. The molecule has 1 aromatic heterocycles. The van der Waals surface area contributed by atoms with E-state index in [0.29, 0.717) is 6.54 Å². The molecule has 1 aromatic carbocycles. The van der Waals surface area contributed by atoms with Gasteiger partial charge in [-0.15, -0.1) is 0 Å². The maximum absolute atomic E-state index is 11.0. The number of nitrogens with two attached hydrogens (primary N) is 1. The molecular weight excluding hydrogens is 206 g/mol. The Morgan fingerprint density at radius 2 is 2.00 bits per heavy atom. The minimum Gasteiger partial charge on any atom is -0.508 e. The van der Waals surface area contributed by atoms with E-state index in [1.807, 2.05) is 0 Å². The summed E-state index contributed by atoms with van der Waals surface area (Å²) in [5, 5.41) is 9.12. The molecule has 0 aliphatic rings. The van der Waals surface area contributed by atoms with Crippen molar-refractivity contribution < 1.29 is 5.11 Å². The van der Waals surface area contributed by atoms with Crippen molar-refractivity contribution in [3.63, 3.8) is 0 Å². The Morgan fingerprint density at radius 3 is 2.62 bits per heavy atom. The molecule has 5 heteroatoms. The quantitative estimate of drug-likeness (QED) is 0.771. The third-order valence-electron chi connectivity index (χ3n) is 2.18. The topological polar surface area (TPSA) is 81.1 Å². The number of aromatic hydroxyl groups is 1. The molecule has 0 radical (unpaired) electrons. The lowest BCUT2D eigenvalue weighted by atomic mass is 10.2. The fourth-order valence-electron chi connectivity index (χ4n) is 1.37. The van der Waals surface area contributed by atoms with Crippen LogP contribution in [0.25, 0.3) is 0 Å². The number of aromatic nitrogens is 2. The van der Waals surface area contributed by atoms with E-state index in [1.165, 1.54) is 6.33 Å². The van der Waals surface area contributed by atoms with Gasteiger partial charge in [0.2, 0.25) is 0 Å². The van der Waals surface area contributed by atoms with Crippen LogP contribution < -0.4 is 11.3 Å². The Kier molecular flexibility index (Phi) is 2.59. The van der Waals surface area contributed by atoms with E-state index in [1.54, 1.807) is 35.0 Å². The minimum atomic E-state index is -0.415. The molecule has 2 rings (SSSR count). The van der Waals surface area contributed by atoms with Gasteiger partial charge in [0, 0.05) is 12.7 Å². The maximum Gasteiger partial charge on any atom is 0.295 e. The van der Waals surface area contributed by atoms with Gasteiger partial charge in [0.1, 0.15) is 11.4 Å². The maximum atomic E-state index is 11.0. The third kappa shape index (κ3) is 2.20. The summed E-state index contributed by atoms with van der Waals surface area (Å²) < 4.78 is 1.71. The van der Waals surface area contributed by atoms with Crippen LogP contribution in [0, 0.1) is 0 Å². The number of benzene rings is 1. The van der Waals surface area contributed by atoms with Crippen LogP contribution >= 0.6 is 0 Å². The van der Waals surface area contributed by atoms with Crippen LogP contribution in [0.15, 0.2) is 41.6 Å². The molecule has 0 saturated heterocycles. The number of phenolic OH excluding ortho intramolecular Hbond substituents is 1. The highest BCUT2D eigenvalue weighted by Gasteiger charge is 1.98. The summed E-state index contributed by atoms with van der Waals surface area (Å²) in [6, 6.07) is 6.80. The van der Waals surface area contributed by atoms with Crippen molar-refractivity contribution in [2.75, 3.05) is 5.73 Å². The second kappa shape index (κ2) is 4.06. The molecule has 0 aliphatic heterocycles. The monoisotopic (exact) mass is 217 g/mol. The average molecular weight is 217 g/mol. The Morgan fingerprint density at radius 1 is 1.31 bits per heavy atom. The summed E-state index contributed by atoms with van der Waals surface area (Å²) in [7, 11) is 0. The van der Waals surface area contributed by atoms with Crippen molar-refractivity contribution in [2.24, 2.45) is 0 Å². The zero-order chi connectivity index (χ0) is 11.5. The van der Waals surface area contributed by atoms with Crippen LogP contribution in [0.5, 0.6) is 5.75 Å². The van der Waals surface area contributed by atoms with E-state index in [2.05, 4.69) is 4.98 Å². The molecule has 1 heterocycles. The van der Waals surface area contributed by atoms with Gasteiger partial charge in [0.25, 0.3) is 5.56 Å². The molecule has 0 bridgehead atoms. The number of hydrogen-bond donors (Lipinski definition) is 2. The highest BCUT2D eigenvalue weighted by atomic mass is 16.3. The standard InChI is InChI=1S/C11H11N3O2/c12-10-6-14(7-13-11(10)16)5-8-1-3-9(15)4-2-8/h1-4,6-7,15H,5,12H2. The Hall–Kier alpha value is -2.30. The molecule has 0 atom stereocenters. The molecule has 2 aromatic rings. The van der Waals surface area contributed by atoms with Crippen molar-refractivity contribution >= 4 is 5.69 Å². The second-order valence-electron chi connectivity index (χ2n) is 3.47. The molecule has 0 fully saturated rings. The highest BCUT2D eigenvalue weighted by molar-refractivity contribution is 5.31. The van der Waals surface area contributed by atoms with E-state index in [-0.39, 0.29) is 11.4 Å². The van der Waals surface area contributed by atoms with Gasteiger partial charge in [-0.2, -0.15) is 4.98 Å². The van der Waals surface area contributed by atoms with Crippen LogP contribution in [-0.2, 0) is 6.54 Å². The van der Waals surface area contributed by atoms with Crippen LogP contribution in [-0.4, -0.2) is 14.7 Å².